The molecule has 90 valence electrons. The van der Waals surface area contributed by atoms with Crippen LogP contribution in [-0.2, 0) is 22.6 Å². The van der Waals surface area contributed by atoms with Gasteiger partial charge in [-0.15, -0.1) is 0 Å². The first kappa shape index (κ1) is 12.3. The van der Waals surface area contributed by atoms with E-state index in [1.807, 2.05) is 22.9 Å². The number of carbonyl (C=O) groups is 1. The fraction of sp³-hybridized carbons (Fsp3) is 0.143. The fourth-order valence-corrected chi connectivity index (χ4v) is 2.12. The average molecular weight is 257 g/mol. The number of nitriles is 1. The standard InChI is InChI=1S/C14H11NO2S/c15-8-11-1-3-12(4-2-11)9-17-14(16)7-13-5-6-18-10-13/h1-6,10H,7,9H2. The highest BCUT2D eigenvalue weighted by molar-refractivity contribution is 7.07. The molecule has 0 unspecified atom stereocenters. The van der Waals surface area contributed by atoms with Gasteiger partial charge in [-0.25, -0.2) is 0 Å². The maximum absolute atomic E-state index is 11.5. The van der Waals surface area contributed by atoms with Crippen molar-refractivity contribution in [3.63, 3.8) is 0 Å². The molecule has 0 saturated carbocycles. The second kappa shape index (κ2) is 5.99. The number of nitrogens with zero attached hydrogens (tertiary/aromatic N) is 1. The van der Waals surface area contributed by atoms with Gasteiger partial charge in [-0.05, 0) is 40.1 Å². The molecule has 0 atom stereocenters. The van der Waals surface area contributed by atoms with E-state index in [1.54, 1.807) is 35.6 Å². The molecule has 0 spiro atoms. The molecule has 0 amide bonds. The molecule has 0 aliphatic heterocycles. The lowest BCUT2D eigenvalue weighted by Gasteiger charge is -2.04. The van der Waals surface area contributed by atoms with Gasteiger partial charge in [-0.2, -0.15) is 16.6 Å². The molecule has 0 bridgehead atoms. The Labute approximate surface area is 109 Å². The SMILES string of the molecule is N#Cc1ccc(COC(=O)Cc2ccsc2)cc1. The molecule has 1 heterocycles. The van der Waals surface area contributed by atoms with Crippen molar-refractivity contribution in [3.05, 3.63) is 57.8 Å². The number of ether oxygens (including phenoxy) is 1. The summed E-state index contributed by atoms with van der Waals surface area (Å²) in [7, 11) is 0. The van der Waals surface area contributed by atoms with E-state index in [-0.39, 0.29) is 12.6 Å². The smallest absolute Gasteiger partial charge is 0.310 e. The molecule has 1 aromatic heterocycles. The van der Waals surface area contributed by atoms with Gasteiger partial charge in [-0.1, -0.05) is 12.1 Å². The highest BCUT2D eigenvalue weighted by Gasteiger charge is 2.05. The van der Waals surface area contributed by atoms with Crippen molar-refractivity contribution in [1.29, 1.82) is 5.26 Å². The van der Waals surface area contributed by atoms with Crippen molar-refractivity contribution in [1.82, 2.24) is 0 Å². The highest BCUT2D eigenvalue weighted by atomic mass is 32.1. The monoisotopic (exact) mass is 257 g/mol. The molecule has 18 heavy (non-hydrogen) atoms. The molecule has 3 nitrogen and oxygen atoms in total. The lowest BCUT2D eigenvalue weighted by Crippen LogP contribution is -2.07. The van der Waals surface area contributed by atoms with Crippen molar-refractivity contribution in [2.24, 2.45) is 0 Å². The summed E-state index contributed by atoms with van der Waals surface area (Å²) >= 11 is 1.56. The third-order valence-corrected chi connectivity index (χ3v) is 3.14. The molecule has 1 aromatic carbocycles. The van der Waals surface area contributed by atoms with Gasteiger partial charge >= 0.3 is 5.97 Å². The number of thiophene rings is 1. The van der Waals surface area contributed by atoms with Crippen LogP contribution >= 0.6 is 11.3 Å². The van der Waals surface area contributed by atoms with Crippen molar-refractivity contribution in [2.75, 3.05) is 0 Å². The van der Waals surface area contributed by atoms with E-state index in [0.29, 0.717) is 12.0 Å². The summed E-state index contributed by atoms with van der Waals surface area (Å²) in [6, 6.07) is 10.9. The molecule has 2 rings (SSSR count). The third-order valence-electron chi connectivity index (χ3n) is 2.41. The quantitative estimate of drug-likeness (QED) is 0.791. The normalized spacial score (nSPS) is 9.72. The molecule has 0 N–H and O–H groups in total. The Morgan fingerprint density at radius 3 is 2.61 bits per heavy atom. The van der Waals surface area contributed by atoms with Crippen LogP contribution in [0.25, 0.3) is 0 Å². The second-order valence-corrected chi connectivity index (χ2v) is 4.56. The Kier molecular flexibility index (Phi) is 4.11. The molecule has 2 aromatic rings. The molecule has 4 heteroatoms. The summed E-state index contributed by atoms with van der Waals surface area (Å²) in [5.41, 5.74) is 2.46. The van der Waals surface area contributed by atoms with Crippen LogP contribution in [0.3, 0.4) is 0 Å². The van der Waals surface area contributed by atoms with Gasteiger partial charge in [0.2, 0.25) is 0 Å². The maximum atomic E-state index is 11.5. The number of esters is 1. The Morgan fingerprint density at radius 1 is 1.22 bits per heavy atom. The van der Waals surface area contributed by atoms with Crippen LogP contribution in [0, 0.1) is 11.3 Å². The van der Waals surface area contributed by atoms with E-state index in [1.165, 1.54) is 0 Å². The zero-order valence-corrected chi connectivity index (χ0v) is 10.4. The first-order valence-corrected chi connectivity index (χ1v) is 6.38. The Hall–Kier alpha value is -2.12. The molecular formula is C14H11NO2S. The van der Waals surface area contributed by atoms with Crippen LogP contribution in [0.5, 0.6) is 0 Å². The third kappa shape index (κ3) is 3.44. The minimum absolute atomic E-state index is 0.238. The van der Waals surface area contributed by atoms with Crippen LogP contribution in [0.2, 0.25) is 0 Å². The Balaban J connectivity index is 1.83. The van der Waals surface area contributed by atoms with Crippen LogP contribution in [0.4, 0.5) is 0 Å². The zero-order valence-electron chi connectivity index (χ0n) is 9.63. The van der Waals surface area contributed by atoms with Gasteiger partial charge in [0.25, 0.3) is 0 Å². The largest absolute Gasteiger partial charge is 0.461 e. The van der Waals surface area contributed by atoms with Crippen molar-refractivity contribution in [2.45, 2.75) is 13.0 Å². The maximum Gasteiger partial charge on any atom is 0.310 e. The number of carbonyl (C=O) groups excluding carboxylic acids is 1. The van der Waals surface area contributed by atoms with E-state index >= 15 is 0 Å². The first-order chi connectivity index (χ1) is 8.78. The number of rotatable bonds is 4. The summed E-state index contributed by atoms with van der Waals surface area (Å²) in [5, 5.41) is 12.5. The van der Waals surface area contributed by atoms with Gasteiger partial charge < -0.3 is 4.74 Å². The number of benzene rings is 1. The summed E-state index contributed by atoms with van der Waals surface area (Å²) in [6.45, 7) is 0.245. The van der Waals surface area contributed by atoms with Crippen LogP contribution in [0.1, 0.15) is 16.7 Å². The van der Waals surface area contributed by atoms with Crippen molar-refractivity contribution >= 4 is 17.3 Å². The van der Waals surface area contributed by atoms with E-state index in [9.17, 15) is 4.79 Å². The van der Waals surface area contributed by atoms with Gasteiger partial charge in [0.15, 0.2) is 0 Å². The number of hydrogen-bond acceptors (Lipinski definition) is 4. The summed E-state index contributed by atoms with van der Waals surface area (Å²) < 4.78 is 5.16. The highest BCUT2D eigenvalue weighted by Crippen LogP contribution is 2.09. The predicted octanol–water partition coefficient (Wildman–Crippen LogP) is 2.91. The van der Waals surface area contributed by atoms with Gasteiger partial charge in [-0.3, -0.25) is 4.79 Å². The molecule has 0 aliphatic carbocycles. The molecule has 0 fully saturated rings. The minimum atomic E-state index is -0.238. The lowest BCUT2D eigenvalue weighted by molar-refractivity contribution is -0.144. The molecular weight excluding hydrogens is 246 g/mol. The van der Waals surface area contributed by atoms with Gasteiger partial charge in [0.05, 0.1) is 18.1 Å². The number of hydrogen-bond donors (Lipinski definition) is 0. The second-order valence-electron chi connectivity index (χ2n) is 3.78. The summed E-state index contributed by atoms with van der Waals surface area (Å²) in [6.07, 6.45) is 0.305. The summed E-state index contributed by atoms with van der Waals surface area (Å²) in [4.78, 5) is 11.5. The van der Waals surface area contributed by atoms with E-state index in [2.05, 4.69) is 0 Å². The van der Waals surface area contributed by atoms with E-state index in [4.69, 9.17) is 10.00 Å². The molecule has 0 aliphatic rings. The van der Waals surface area contributed by atoms with Gasteiger partial charge in [0, 0.05) is 0 Å². The molecule has 0 saturated heterocycles. The Morgan fingerprint density at radius 2 is 2.00 bits per heavy atom. The van der Waals surface area contributed by atoms with E-state index < -0.39 is 0 Å². The molecule has 0 radical (unpaired) electrons. The van der Waals surface area contributed by atoms with Crippen LogP contribution < -0.4 is 0 Å². The van der Waals surface area contributed by atoms with E-state index in [0.717, 1.165) is 11.1 Å². The summed E-state index contributed by atoms with van der Waals surface area (Å²) in [5.74, 6) is -0.238. The van der Waals surface area contributed by atoms with Crippen molar-refractivity contribution in [3.8, 4) is 6.07 Å². The zero-order chi connectivity index (χ0) is 12.8. The average Bonchev–Trinajstić information content (AvgIpc) is 2.90. The predicted molar refractivity (Wildman–Crippen MR) is 69.0 cm³/mol. The lowest BCUT2D eigenvalue weighted by atomic mass is 10.1. The fourth-order valence-electron chi connectivity index (χ4n) is 1.45. The first-order valence-electron chi connectivity index (χ1n) is 5.43. The van der Waals surface area contributed by atoms with Crippen LogP contribution in [0.15, 0.2) is 41.1 Å². The van der Waals surface area contributed by atoms with Crippen molar-refractivity contribution < 1.29 is 9.53 Å². The Bertz CT molecular complexity index is 552. The van der Waals surface area contributed by atoms with Crippen LogP contribution in [-0.4, -0.2) is 5.97 Å². The van der Waals surface area contributed by atoms with Gasteiger partial charge in [0.1, 0.15) is 6.61 Å². The minimum Gasteiger partial charge on any atom is -0.461 e. The topological polar surface area (TPSA) is 50.1 Å².